The number of carbonyl (C=O) groups excluding carboxylic acids is 1. The molecule has 0 radical (unpaired) electrons. The van der Waals surface area contributed by atoms with Gasteiger partial charge in [0, 0.05) is 25.3 Å². The number of rotatable bonds is 3. The summed E-state index contributed by atoms with van der Waals surface area (Å²) >= 11 is 0. The van der Waals surface area contributed by atoms with E-state index in [9.17, 15) is 4.79 Å². The summed E-state index contributed by atoms with van der Waals surface area (Å²) in [6.45, 7) is 6.54. The Bertz CT molecular complexity index is 399. The summed E-state index contributed by atoms with van der Waals surface area (Å²) in [6, 6.07) is 8.13. The summed E-state index contributed by atoms with van der Waals surface area (Å²) in [5.74, 6) is 0.302. The maximum absolute atomic E-state index is 12.4. The summed E-state index contributed by atoms with van der Waals surface area (Å²) in [5, 5.41) is 3.35. The Labute approximate surface area is 103 Å². The highest BCUT2D eigenvalue weighted by Gasteiger charge is 2.28. The van der Waals surface area contributed by atoms with Gasteiger partial charge in [0.1, 0.15) is 0 Å². The second kappa shape index (κ2) is 5.21. The lowest BCUT2D eigenvalue weighted by Gasteiger charge is -2.30. The van der Waals surface area contributed by atoms with Gasteiger partial charge in [0.05, 0.1) is 5.92 Å². The SMILES string of the molecule is CCN(CC)C(=O)C1CCNc2ccccc21. The van der Waals surface area contributed by atoms with Gasteiger partial charge in [-0.25, -0.2) is 0 Å². The molecule has 3 nitrogen and oxygen atoms in total. The van der Waals surface area contributed by atoms with E-state index in [1.54, 1.807) is 0 Å². The molecule has 2 rings (SSSR count). The number of fused-ring (bicyclic) bond motifs is 1. The third-order valence-electron chi connectivity index (χ3n) is 3.46. The highest BCUT2D eigenvalue weighted by molar-refractivity contribution is 5.86. The van der Waals surface area contributed by atoms with Crippen molar-refractivity contribution in [3.63, 3.8) is 0 Å². The molecule has 0 saturated carbocycles. The van der Waals surface area contributed by atoms with Crippen LogP contribution < -0.4 is 5.32 Å². The Hall–Kier alpha value is -1.51. The number of nitrogens with zero attached hydrogens (tertiary/aromatic N) is 1. The quantitative estimate of drug-likeness (QED) is 0.868. The van der Waals surface area contributed by atoms with Crippen molar-refractivity contribution >= 4 is 11.6 Å². The van der Waals surface area contributed by atoms with Crippen LogP contribution in [-0.2, 0) is 4.79 Å². The van der Waals surface area contributed by atoms with Gasteiger partial charge >= 0.3 is 0 Å². The van der Waals surface area contributed by atoms with Gasteiger partial charge in [-0.2, -0.15) is 0 Å². The third-order valence-corrected chi connectivity index (χ3v) is 3.46. The second-order valence-corrected chi connectivity index (χ2v) is 4.37. The number of amides is 1. The minimum atomic E-state index is 0.0346. The first kappa shape index (κ1) is 12.0. The van der Waals surface area contributed by atoms with Gasteiger partial charge < -0.3 is 10.2 Å². The zero-order valence-electron chi connectivity index (χ0n) is 10.6. The molecule has 0 saturated heterocycles. The zero-order chi connectivity index (χ0) is 12.3. The number of nitrogens with one attached hydrogen (secondary N) is 1. The molecule has 1 aliphatic heterocycles. The van der Waals surface area contributed by atoms with E-state index in [2.05, 4.69) is 17.4 Å². The molecule has 0 bridgehead atoms. The molecule has 0 aliphatic carbocycles. The van der Waals surface area contributed by atoms with Crippen molar-refractivity contribution < 1.29 is 4.79 Å². The molecule has 3 heteroatoms. The van der Waals surface area contributed by atoms with Crippen LogP contribution in [-0.4, -0.2) is 30.4 Å². The highest BCUT2D eigenvalue weighted by Crippen LogP contribution is 2.32. The van der Waals surface area contributed by atoms with Crippen LogP contribution in [0.25, 0.3) is 0 Å². The fourth-order valence-electron chi connectivity index (χ4n) is 2.48. The Balaban J connectivity index is 2.26. The van der Waals surface area contributed by atoms with E-state index in [0.717, 1.165) is 37.3 Å². The average molecular weight is 232 g/mol. The summed E-state index contributed by atoms with van der Waals surface area (Å²) in [5.41, 5.74) is 2.26. The maximum Gasteiger partial charge on any atom is 0.230 e. The fourth-order valence-corrected chi connectivity index (χ4v) is 2.48. The molecule has 1 aliphatic rings. The van der Waals surface area contributed by atoms with E-state index in [4.69, 9.17) is 0 Å². The summed E-state index contributed by atoms with van der Waals surface area (Å²) in [7, 11) is 0. The minimum Gasteiger partial charge on any atom is -0.385 e. The molecule has 0 fully saturated rings. The molecule has 1 atom stereocenters. The largest absolute Gasteiger partial charge is 0.385 e. The number of likely N-dealkylation sites (N-methyl/N-ethyl adjacent to an activating group) is 1. The predicted octanol–water partition coefficient (Wildman–Crippen LogP) is 2.45. The van der Waals surface area contributed by atoms with Crippen LogP contribution in [0.2, 0.25) is 0 Å². The Morgan fingerprint density at radius 1 is 1.35 bits per heavy atom. The van der Waals surface area contributed by atoms with E-state index in [1.165, 1.54) is 0 Å². The van der Waals surface area contributed by atoms with Crippen LogP contribution in [0.1, 0.15) is 31.7 Å². The molecule has 1 aromatic rings. The number of benzene rings is 1. The summed E-state index contributed by atoms with van der Waals surface area (Å²) < 4.78 is 0. The number of hydrogen-bond donors (Lipinski definition) is 1. The third kappa shape index (κ3) is 2.28. The second-order valence-electron chi connectivity index (χ2n) is 4.37. The monoisotopic (exact) mass is 232 g/mol. The Kier molecular flexibility index (Phi) is 3.67. The number of hydrogen-bond acceptors (Lipinski definition) is 2. The smallest absolute Gasteiger partial charge is 0.230 e. The molecule has 0 spiro atoms. The van der Waals surface area contributed by atoms with E-state index >= 15 is 0 Å². The van der Waals surface area contributed by atoms with Crippen molar-refractivity contribution in [2.24, 2.45) is 0 Å². The van der Waals surface area contributed by atoms with Crippen LogP contribution >= 0.6 is 0 Å². The van der Waals surface area contributed by atoms with Crippen LogP contribution in [0.5, 0.6) is 0 Å². The minimum absolute atomic E-state index is 0.0346. The summed E-state index contributed by atoms with van der Waals surface area (Å²) in [6.07, 6.45) is 0.895. The first-order valence-corrected chi connectivity index (χ1v) is 6.39. The summed E-state index contributed by atoms with van der Waals surface area (Å²) in [4.78, 5) is 14.3. The predicted molar refractivity (Wildman–Crippen MR) is 70.2 cm³/mol. The first-order valence-electron chi connectivity index (χ1n) is 6.39. The molecule has 17 heavy (non-hydrogen) atoms. The normalized spacial score (nSPS) is 18.1. The van der Waals surface area contributed by atoms with Gasteiger partial charge in [0.15, 0.2) is 0 Å². The van der Waals surface area contributed by atoms with E-state index in [-0.39, 0.29) is 11.8 Å². The molecule has 0 aromatic heterocycles. The van der Waals surface area contributed by atoms with Gasteiger partial charge in [-0.3, -0.25) is 4.79 Å². The molecule has 1 unspecified atom stereocenters. The molecule has 92 valence electrons. The topological polar surface area (TPSA) is 32.3 Å². The lowest BCUT2D eigenvalue weighted by molar-refractivity contribution is -0.132. The molecule has 1 N–H and O–H groups in total. The van der Waals surface area contributed by atoms with Crippen molar-refractivity contribution in [3.8, 4) is 0 Å². The number of anilines is 1. The van der Waals surface area contributed by atoms with Gasteiger partial charge in [-0.15, -0.1) is 0 Å². The average Bonchev–Trinajstić information content (AvgIpc) is 2.39. The molecule has 1 amide bonds. The Morgan fingerprint density at radius 2 is 2.06 bits per heavy atom. The van der Waals surface area contributed by atoms with E-state index < -0.39 is 0 Å². The van der Waals surface area contributed by atoms with Crippen molar-refractivity contribution in [3.05, 3.63) is 29.8 Å². The molecular formula is C14H20N2O. The van der Waals surface area contributed by atoms with Gasteiger partial charge in [-0.05, 0) is 31.9 Å². The molecule has 1 heterocycles. The van der Waals surface area contributed by atoms with Gasteiger partial charge in [0.25, 0.3) is 0 Å². The first-order chi connectivity index (χ1) is 8.27. The van der Waals surface area contributed by atoms with Gasteiger partial charge in [0.2, 0.25) is 5.91 Å². The van der Waals surface area contributed by atoms with Crippen LogP contribution in [0, 0.1) is 0 Å². The van der Waals surface area contributed by atoms with Crippen LogP contribution in [0.4, 0.5) is 5.69 Å². The van der Waals surface area contributed by atoms with Crippen LogP contribution in [0.3, 0.4) is 0 Å². The number of carbonyl (C=O) groups is 1. The maximum atomic E-state index is 12.4. The zero-order valence-corrected chi connectivity index (χ0v) is 10.6. The standard InChI is InChI=1S/C14H20N2O/c1-3-16(4-2)14(17)12-9-10-15-13-8-6-5-7-11(12)13/h5-8,12,15H,3-4,9-10H2,1-2H3. The van der Waals surface area contributed by atoms with Gasteiger partial charge in [-0.1, -0.05) is 18.2 Å². The van der Waals surface area contributed by atoms with Crippen molar-refractivity contribution in [2.45, 2.75) is 26.2 Å². The fraction of sp³-hybridized carbons (Fsp3) is 0.500. The lowest BCUT2D eigenvalue weighted by atomic mass is 9.90. The van der Waals surface area contributed by atoms with E-state index in [1.807, 2.05) is 30.9 Å². The van der Waals surface area contributed by atoms with E-state index in [0.29, 0.717) is 0 Å². The molecular weight excluding hydrogens is 212 g/mol. The molecule has 1 aromatic carbocycles. The van der Waals surface area contributed by atoms with Crippen molar-refractivity contribution in [1.29, 1.82) is 0 Å². The highest BCUT2D eigenvalue weighted by atomic mass is 16.2. The lowest BCUT2D eigenvalue weighted by Crippen LogP contribution is -2.37. The Morgan fingerprint density at radius 3 is 2.76 bits per heavy atom. The number of para-hydroxylation sites is 1. The van der Waals surface area contributed by atoms with Crippen molar-refractivity contribution in [1.82, 2.24) is 4.90 Å². The van der Waals surface area contributed by atoms with Crippen LogP contribution in [0.15, 0.2) is 24.3 Å². The van der Waals surface area contributed by atoms with Crippen molar-refractivity contribution in [2.75, 3.05) is 25.0 Å².